The van der Waals surface area contributed by atoms with E-state index in [9.17, 15) is 4.79 Å². The lowest BCUT2D eigenvalue weighted by Crippen LogP contribution is -2.18. The van der Waals surface area contributed by atoms with Crippen LogP contribution >= 0.6 is 27.5 Å². The number of halogens is 2. The topological polar surface area (TPSA) is 22.0 Å². The van der Waals surface area contributed by atoms with Gasteiger partial charge in [-0.3, -0.25) is 4.79 Å². The fraction of sp³-hybridized carbons (Fsp3) is 0.0833. The molecule has 0 fully saturated rings. The van der Waals surface area contributed by atoms with Crippen LogP contribution in [-0.4, -0.2) is 4.57 Å². The zero-order valence-electron chi connectivity index (χ0n) is 8.36. The van der Waals surface area contributed by atoms with Crippen LogP contribution in [0.3, 0.4) is 0 Å². The molecule has 16 heavy (non-hydrogen) atoms. The first-order chi connectivity index (χ1) is 7.65. The Balaban J connectivity index is 2.30. The predicted octanol–water partition coefficient (Wildman–Crippen LogP) is 3.31. The predicted molar refractivity (Wildman–Crippen MR) is 69.0 cm³/mol. The summed E-state index contributed by atoms with van der Waals surface area (Å²) in [6.45, 7) is 0.534. The molecule has 0 unspecified atom stereocenters. The van der Waals surface area contributed by atoms with E-state index in [0.29, 0.717) is 11.6 Å². The van der Waals surface area contributed by atoms with Crippen LogP contribution in [0.15, 0.2) is 51.9 Å². The summed E-state index contributed by atoms with van der Waals surface area (Å²) < 4.78 is 2.61. The highest BCUT2D eigenvalue weighted by Gasteiger charge is 1.99. The van der Waals surface area contributed by atoms with Gasteiger partial charge < -0.3 is 4.57 Å². The molecule has 1 heterocycles. The molecule has 0 bridgehead atoms. The quantitative estimate of drug-likeness (QED) is 0.834. The number of benzene rings is 1. The maximum atomic E-state index is 11.5. The summed E-state index contributed by atoms with van der Waals surface area (Å²) in [5, 5.41) is 0.566. The molecule has 1 aromatic carbocycles. The lowest BCUT2D eigenvalue weighted by Gasteiger charge is -2.05. The minimum atomic E-state index is -0.0488. The first-order valence-electron chi connectivity index (χ1n) is 4.75. The van der Waals surface area contributed by atoms with E-state index in [2.05, 4.69) is 15.9 Å². The van der Waals surface area contributed by atoms with Crippen molar-refractivity contribution < 1.29 is 0 Å². The van der Waals surface area contributed by atoms with Crippen LogP contribution < -0.4 is 5.56 Å². The highest BCUT2D eigenvalue weighted by Crippen LogP contribution is 2.11. The van der Waals surface area contributed by atoms with E-state index in [0.717, 1.165) is 10.0 Å². The molecule has 4 heteroatoms. The number of aromatic nitrogens is 1. The Hall–Kier alpha value is -1.06. The maximum Gasteiger partial charge on any atom is 0.250 e. The minimum Gasteiger partial charge on any atom is -0.310 e. The van der Waals surface area contributed by atoms with Crippen molar-refractivity contribution in [3.05, 3.63) is 68.0 Å². The molecule has 0 saturated heterocycles. The molecule has 0 aliphatic carbocycles. The maximum absolute atomic E-state index is 11.5. The first kappa shape index (κ1) is 11.4. The van der Waals surface area contributed by atoms with E-state index < -0.39 is 0 Å². The standard InChI is InChI=1S/C12H9BrClNO/c13-10-3-1-9(2-4-10)7-15-8-11(14)5-6-12(15)16/h1-6,8H,7H2. The minimum absolute atomic E-state index is 0.0488. The first-order valence-corrected chi connectivity index (χ1v) is 5.93. The summed E-state index contributed by atoms with van der Waals surface area (Å²) in [6.07, 6.45) is 1.64. The van der Waals surface area contributed by atoms with Crippen molar-refractivity contribution in [1.82, 2.24) is 4.57 Å². The number of hydrogen-bond acceptors (Lipinski definition) is 1. The van der Waals surface area contributed by atoms with Crippen molar-refractivity contribution in [1.29, 1.82) is 0 Å². The molecule has 0 amide bonds. The van der Waals surface area contributed by atoms with Gasteiger partial charge in [0.1, 0.15) is 0 Å². The zero-order chi connectivity index (χ0) is 11.5. The summed E-state index contributed by atoms with van der Waals surface area (Å²) in [4.78, 5) is 11.5. The molecule has 1 aromatic heterocycles. The fourth-order valence-electron chi connectivity index (χ4n) is 1.41. The van der Waals surface area contributed by atoms with Crippen LogP contribution in [0.1, 0.15) is 5.56 Å². The van der Waals surface area contributed by atoms with E-state index in [-0.39, 0.29) is 5.56 Å². The molecule has 0 saturated carbocycles. The third-order valence-electron chi connectivity index (χ3n) is 2.21. The largest absolute Gasteiger partial charge is 0.310 e. The van der Waals surface area contributed by atoms with Gasteiger partial charge in [0.05, 0.1) is 11.6 Å². The molecule has 82 valence electrons. The van der Waals surface area contributed by atoms with E-state index in [1.807, 2.05) is 24.3 Å². The van der Waals surface area contributed by atoms with Crippen LogP contribution in [0.25, 0.3) is 0 Å². The van der Waals surface area contributed by atoms with Gasteiger partial charge in [0.25, 0.3) is 5.56 Å². The molecule has 0 N–H and O–H groups in total. The van der Waals surface area contributed by atoms with Crippen LogP contribution in [0, 0.1) is 0 Å². The Morgan fingerprint density at radius 3 is 2.50 bits per heavy atom. The summed E-state index contributed by atoms with van der Waals surface area (Å²) in [5.74, 6) is 0. The molecule has 0 atom stereocenters. The second-order valence-corrected chi connectivity index (χ2v) is 4.79. The van der Waals surface area contributed by atoms with Crippen molar-refractivity contribution in [3.63, 3.8) is 0 Å². The summed E-state index contributed by atoms with van der Waals surface area (Å²) in [6, 6.07) is 10.9. The van der Waals surface area contributed by atoms with Crippen LogP contribution in [-0.2, 0) is 6.54 Å². The molecule has 2 rings (SSSR count). The number of rotatable bonds is 2. The van der Waals surface area contributed by atoms with Gasteiger partial charge in [-0.05, 0) is 23.8 Å². The Bertz CT molecular complexity index is 548. The third kappa shape index (κ3) is 2.74. The molecule has 2 nitrogen and oxygen atoms in total. The summed E-state index contributed by atoms with van der Waals surface area (Å²) in [7, 11) is 0. The number of pyridine rings is 1. The molecule has 0 aliphatic rings. The van der Waals surface area contributed by atoms with E-state index in [1.54, 1.807) is 16.8 Å². The van der Waals surface area contributed by atoms with Gasteiger partial charge in [0.15, 0.2) is 0 Å². The molecular weight excluding hydrogens is 289 g/mol. The number of hydrogen-bond donors (Lipinski definition) is 0. The van der Waals surface area contributed by atoms with E-state index >= 15 is 0 Å². The lowest BCUT2D eigenvalue weighted by atomic mass is 10.2. The second kappa shape index (κ2) is 4.85. The average molecular weight is 299 g/mol. The Morgan fingerprint density at radius 1 is 1.12 bits per heavy atom. The van der Waals surface area contributed by atoms with Gasteiger partial charge in [0.2, 0.25) is 0 Å². The van der Waals surface area contributed by atoms with Crippen LogP contribution in [0.4, 0.5) is 0 Å². The molecule has 0 radical (unpaired) electrons. The highest BCUT2D eigenvalue weighted by molar-refractivity contribution is 9.10. The van der Waals surface area contributed by atoms with E-state index in [4.69, 9.17) is 11.6 Å². The van der Waals surface area contributed by atoms with E-state index in [1.165, 1.54) is 6.07 Å². The Morgan fingerprint density at radius 2 is 1.81 bits per heavy atom. The highest BCUT2D eigenvalue weighted by atomic mass is 79.9. The lowest BCUT2D eigenvalue weighted by molar-refractivity contribution is 0.759. The van der Waals surface area contributed by atoms with Gasteiger partial charge >= 0.3 is 0 Å². The molecule has 2 aromatic rings. The number of nitrogens with zero attached hydrogens (tertiary/aromatic N) is 1. The fourth-order valence-corrected chi connectivity index (χ4v) is 1.86. The summed E-state index contributed by atoms with van der Waals surface area (Å²) >= 11 is 9.21. The zero-order valence-corrected chi connectivity index (χ0v) is 10.7. The summed E-state index contributed by atoms with van der Waals surface area (Å²) in [5.41, 5.74) is 1.01. The molecule has 0 spiro atoms. The van der Waals surface area contributed by atoms with Gasteiger partial charge in [0, 0.05) is 16.7 Å². The van der Waals surface area contributed by atoms with Gasteiger partial charge in [-0.25, -0.2) is 0 Å². The van der Waals surface area contributed by atoms with Crippen LogP contribution in [0.2, 0.25) is 5.02 Å². The SMILES string of the molecule is O=c1ccc(Cl)cn1Cc1ccc(Br)cc1. The van der Waals surface area contributed by atoms with Crippen molar-refractivity contribution in [2.24, 2.45) is 0 Å². The smallest absolute Gasteiger partial charge is 0.250 e. The van der Waals surface area contributed by atoms with Crippen molar-refractivity contribution in [3.8, 4) is 0 Å². The van der Waals surface area contributed by atoms with Gasteiger partial charge in [-0.1, -0.05) is 39.7 Å². The van der Waals surface area contributed by atoms with Gasteiger partial charge in [-0.2, -0.15) is 0 Å². The van der Waals surface area contributed by atoms with Crippen molar-refractivity contribution >= 4 is 27.5 Å². The Labute approximate surface area is 107 Å². The average Bonchev–Trinajstić information content (AvgIpc) is 2.27. The monoisotopic (exact) mass is 297 g/mol. The molecule has 0 aliphatic heterocycles. The van der Waals surface area contributed by atoms with Crippen molar-refractivity contribution in [2.75, 3.05) is 0 Å². The van der Waals surface area contributed by atoms with Crippen molar-refractivity contribution in [2.45, 2.75) is 6.54 Å². The molecular formula is C12H9BrClNO. The normalized spacial score (nSPS) is 10.4. The second-order valence-electron chi connectivity index (χ2n) is 3.44. The van der Waals surface area contributed by atoms with Crippen LogP contribution in [0.5, 0.6) is 0 Å². The van der Waals surface area contributed by atoms with Gasteiger partial charge in [-0.15, -0.1) is 0 Å². The third-order valence-corrected chi connectivity index (χ3v) is 2.97. The Kier molecular flexibility index (Phi) is 3.46.